The van der Waals surface area contributed by atoms with Gasteiger partial charge in [0.1, 0.15) is 4.83 Å². The summed E-state index contributed by atoms with van der Waals surface area (Å²) in [5, 5.41) is 3.18. The van der Waals surface area contributed by atoms with Crippen molar-refractivity contribution in [3.05, 3.63) is 62.5 Å². The number of carbonyl (C=O) groups excluding carboxylic acids is 2. The summed E-state index contributed by atoms with van der Waals surface area (Å²) in [6, 6.07) is 7.77. The monoisotopic (exact) mass is 383 g/mol. The standard InChI is InChI=1S/C19H17N3O4S/c1-26-19(25)14(10-6-3-2-4-7-10)20-17(24)15-21-16(23)13-11-8-5-9-12(11)27-18(13)22-15/h2-4,6-7,14H,5,8-9H2,1H3,(H,20,24)(H,21,22,23)/t14-/m0/s1. The highest BCUT2D eigenvalue weighted by Crippen LogP contribution is 2.34. The van der Waals surface area contributed by atoms with Crippen molar-refractivity contribution in [1.29, 1.82) is 0 Å². The number of H-pyrrole nitrogens is 1. The van der Waals surface area contributed by atoms with Crippen LogP contribution < -0.4 is 10.9 Å². The first kappa shape index (κ1) is 17.4. The van der Waals surface area contributed by atoms with Gasteiger partial charge in [0, 0.05) is 4.88 Å². The minimum absolute atomic E-state index is 0.114. The molecule has 1 aliphatic carbocycles. The number of hydrogen-bond donors (Lipinski definition) is 2. The fraction of sp³-hybridized carbons (Fsp3) is 0.263. The molecule has 0 saturated carbocycles. The van der Waals surface area contributed by atoms with Crippen LogP contribution in [-0.2, 0) is 22.4 Å². The molecule has 0 fully saturated rings. The molecule has 0 unspecified atom stereocenters. The van der Waals surface area contributed by atoms with Gasteiger partial charge in [-0.3, -0.25) is 9.59 Å². The lowest BCUT2D eigenvalue weighted by atomic mass is 10.1. The van der Waals surface area contributed by atoms with Gasteiger partial charge in [0.2, 0.25) is 5.82 Å². The lowest BCUT2D eigenvalue weighted by Gasteiger charge is -2.16. The van der Waals surface area contributed by atoms with Crippen molar-refractivity contribution >= 4 is 33.4 Å². The zero-order chi connectivity index (χ0) is 19.0. The number of aromatic nitrogens is 2. The average molecular weight is 383 g/mol. The van der Waals surface area contributed by atoms with Gasteiger partial charge in [0.15, 0.2) is 6.04 Å². The molecule has 4 rings (SSSR count). The number of amides is 1. The minimum Gasteiger partial charge on any atom is -0.467 e. The van der Waals surface area contributed by atoms with Gasteiger partial charge in [-0.2, -0.15) is 0 Å². The Balaban J connectivity index is 1.67. The molecule has 2 aromatic heterocycles. The van der Waals surface area contributed by atoms with E-state index in [2.05, 4.69) is 15.3 Å². The number of nitrogens with zero attached hydrogens (tertiary/aromatic N) is 1. The van der Waals surface area contributed by atoms with Crippen molar-refractivity contribution < 1.29 is 14.3 Å². The molecule has 0 aliphatic heterocycles. The molecule has 2 heterocycles. The van der Waals surface area contributed by atoms with Gasteiger partial charge < -0.3 is 15.0 Å². The van der Waals surface area contributed by atoms with E-state index in [1.54, 1.807) is 24.3 Å². The van der Waals surface area contributed by atoms with Gasteiger partial charge in [-0.05, 0) is 30.4 Å². The Kier molecular flexibility index (Phi) is 4.49. The van der Waals surface area contributed by atoms with Crippen molar-refractivity contribution in [2.24, 2.45) is 0 Å². The molecule has 8 heteroatoms. The van der Waals surface area contributed by atoms with Gasteiger partial charge in [-0.15, -0.1) is 11.3 Å². The molecular weight excluding hydrogens is 366 g/mol. The molecular formula is C19H17N3O4S. The van der Waals surface area contributed by atoms with E-state index >= 15 is 0 Å². The van der Waals surface area contributed by atoms with Crippen molar-refractivity contribution in [2.45, 2.75) is 25.3 Å². The average Bonchev–Trinajstić information content (AvgIpc) is 3.26. The molecule has 0 bridgehead atoms. The van der Waals surface area contributed by atoms with Crippen LogP contribution in [-0.4, -0.2) is 29.0 Å². The second kappa shape index (κ2) is 6.96. The summed E-state index contributed by atoms with van der Waals surface area (Å²) < 4.78 is 4.79. The van der Waals surface area contributed by atoms with Gasteiger partial charge in [0.25, 0.3) is 11.5 Å². The number of carbonyl (C=O) groups is 2. The highest BCUT2D eigenvalue weighted by atomic mass is 32.1. The summed E-state index contributed by atoms with van der Waals surface area (Å²) in [4.78, 5) is 45.9. The van der Waals surface area contributed by atoms with E-state index in [-0.39, 0.29) is 11.4 Å². The Morgan fingerprint density at radius 2 is 2.04 bits per heavy atom. The third-order valence-corrected chi connectivity index (χ3v) is 5.82. The number of nitrogens with one attached hydrogen (secondary N) is 2. The highest BCUT2D eigenvalue weighted by molar-refractivity contribution is 7.18. The van der Waals surface area contributed by atoms with Gasteiger partial charge in [-0.1, -0.05) is 30.3 Å². The van der Waals surface area contributed by atoms with Crippen molar-refractivity contribution in [3.8, 4) is 0 Å². The third kappa shape index (κ3) is 3.12. The van der Waals surface area contributed by atoms with Crippen LogP contribution in [0.15, 0.2) is 35.1 Å². The fourth-order valence-corrected chi connectivity index (χ4v) is 4.61. The third-order valence-electron chi connectivity index (χ3n) is 4.64. The molecule has 0 radical (unpaired) electrons. The van der Waals surface area contributed by atoms with Crippen LogP contribution in [0.3, 0.4) is 0 Å². The lowest BCUT2D eigenvalue weighted by molar-refractivity contribution is -0.143. The Morgan fingerprint density at radius 3 is 2.78 bits per heavy atom. The molecule has 1 aliphatic rings. The number of methoxy groups -OCH3 is 1. The van der Waals surface area contributed by atoms with Gasteiger partial charge in [0.05, 0.1) is 12.5 Å². The smallest absolute Gasteiger partial charge is 0.333 e. The molecule has 1 amide bonds. The topological polar surface area (TPSA) is 101 Å². The fourth-order valence-electron chi connectivity index (χ4n) is 3.35. The van der Waals surface area contributed by atoms with E-state index in [0.717, 1.165) is 29.7 Å². The van der Waals surface area contributed by atoms with Crippen molar-refractivity contribution in [2.75, 3.05) is 7.11 Å². The zero-order valence-corrected chi connectivity index (χ0v) is 15.4. The molecule has 0 spiro atoms. The molecule has 2 N–H and O–H groups in total. The maximum absolute atomic E-state index is 12.7. The second-order valence-corrected chi connectivity index (χ2v) is 7.38. The number of fused-ring (bicyclic) bond motifs is 3. The minimum atomic E-state index is -0.988. The molecule has 7 nitrogen and oxygen atoms in total. The second-order valence-electron chi connectivity index (χ2n) is 6.29. The van der Waals surface area contributed by atoms with Gasteiger partial charge in [-0.25, -0.2) is 9.78 Å². The van der Waals surface area contributed by atoms with Crippen molar-refractivity contribution in [3.63, 3.8) is 0 Å². The largest absolute Gasteiger partial charge is 0.467 e. The number of benzene rings is 1. The van der Waals surface area contributed by atoms with Crippen molar-refractivity contribution in [1.82, 2.24) is 15.3 Å². The van der Waals surface area contributed by atoms with Crippen LogP contribution in [0, 0.1) is 0 Å². The van der Waals surface area contributed by atoms with Crippen LogP contribution in [0.25, 0.3) is 10.2 Å². The summed E-state index contributed by atoms with van der Waals surface area (Å²) >= 11 is 1.46. The first-order valence-corrected chi connectivity index (χ1v) is 9.38. The van der Waals surface area contributed by atoms with E-state index < -0.39 is 17.9 Å². The number of ether oxygens (including phenoxy) is 1. The van der Waals surface area contributed by atoms with Crippen LogP contribution in [0.2, 0.25) is 0 Å². The summed E-state index contributed by atoms with van der Waals surface area (Å²) in [6.45, 7) is 0. The van der Waals surface area contributed by atoms with Crippen LogP contribution >= 0.6 is 11.3 Å². The number of thiophene rings is 1. The van der Waals surface area contributed by atoms with E-state index in [4.69, 9.17) is 4.74 Å². The number of aryl methyl sites for hydroxylation is 2. The van der Waals surface area contributed by atoms with Crippen LogP contribution in [0.4, 0.5) is 0 Å². The maximum Gasteiger partial charge on any atom is 0.333 e. The Labute approximate surface area is 158 Å². The SMILES string of the molecule is COC(=O)[C@@H](NC(=O)c1nc2sc3c(c2c(=O)[nH]1)CCC3)c1ccccc1. The Bertz CT molecular complexity index is 1090. The molecule has 3 aromatic rings. The highest BCUT2D eigenvalue weighted by Gasteiger charge is 2.26. The number of rotatable bonds is 4. The predicted molar refractivity (Wildman–Crippen MR) is 101 cm³/mol. The summed E-state index contributed by atoms with van der Waals surface area (Å²) in [7, 11) is 1.25. The van der Waals surface area contributed by atoms with E-state index in [1.807, 2.05) is 6.07 Å². The van der Waals surface area contributed by atoms with E-state index in [1.165, 1.54) is 18.4 Å². The molecule has 27 heavy (non-hydrogen) atoms. The van der Waals surface area contributed by atoms with Crippen LogP contribution in [0.5, 0.6) is 0 Å². The molecule has 138 valence electrons. The summed E-state index contributed by atoms with van der Waals surface area (Å²) in [5.41, 5.74) is 1.31. The number of hydrogen-bond acceptors (Lipinski definition) is 6. The molecule has 1 aromatic carbocycles. The summed E-state index contributed by atoms with van der Waals surface area (Å²) in [5.74, 6) is -1.35. The van der Waals surface area contributed by atoms with E-state index in [9.17, 15) is 14.4 Å². The maximum atomic E-state index is 12.7. The van der Waals surface area contributed by atoms with Gasteiger partial charge >= 0.3 is 5.97 Å². The molecule has 1 atom stereocenters. The Morgan fingerprint density at radius 1 is 1.26 bits per heavy atom. The van der Waals surface area contributed by atoms with E-state index in [0.29, 0.717) is 15.8 Å². The quantitative estimate of drug-likeness (QED) is 0.672. The first-order valence-electron chi connectivity index (χ1n) is 8.56. The molecule has 0 saturated heterocycles. The zero-order valence-electron chi connectivity index (χ0n) is 14.6. The normalized spacial score (nSPS) is 14.0. The lowest BCUT2D eigenvalue weighted by Crippen LogP contribution is -2.36. The van der Waals surface area contributed by atoms with Crippen LogP contribution in [0.1, 0.15) is 39.1 Å². The number of aromatic amines is 1. The summed E-state index contributed by atoms with van der Waals surface area (Å²) in [6.07, 6.45) is 2.84. The first-order chi connectivity index (χ1) is 13.1. The number of esters is 1. The Hall–Kier alpha value is -3.00. The predicted octanol–water partition coefficient (Wildman–Crippen LogP) is 2.12.